The van der Waals surface area contributed by atoms with Crippen molar-refractivity contribution in [2.45, 2.75) is 26.4 Å². The molecule has 2 aromatic rings. The number of para-hydroxylation sites is 1. The van der Waals surface area contributed by atoms with Crippen LogP contribution in [0.5, 0.6) is 0 Å². The Hall–Kier alpha value is -2.27. The molecule has 1 aromatic heterocycles. The van der Waals surface area contributed by atoms with Crippen molar-refractivity contribution < 1.29 is 9.53 Å². The molecule has 1 heterocycles. The van der Waals surface area contributed by atoms with Crippen molar-refractivity contribution in [3.63, 3.8) is 0 Å². The Bertz CT molecular complexity index is 651. The zero-order valence-electron chi connectivity index (χ0n) is 12.7. The zero-order chi connectivity index (χ0) is 16.2. The van der Waals surface area contributed by atoms with Gasteiger partial charge in [0.25, 0.3) is 0 Å². The Kier molecular flexibility index (Phi) is 4.88. The van der Waals surface area contributed by atoms with E-state index in [0.717, 1.165) is 5.69 Å². The molecule has 0 fully saturated rings. The number of carbonyl (C=O) groups excluding carboxylic acids is 1. The molecular weight excluding hydrogens is 302 g/mol. The molecule has 0 bridgehead atoms. The molecule has 0 atom stereocenters. The third-order valence-corrected chi connectivity index (χ3v) is 2.87. The van der Waals surface area contributed by atoms with E-state index in [4.69, 9.17) is 16.3 Å². The minimum Gasteiger partial charge on any atom is -0.444 e. The first-order valence-corrected chi connectivity index (χ1v) is 7.19. The van der Waals surface area contributed by atoms with E-state index in [0.29, 0.717) is 16.5 Å². The van der Waals surface area contributed by atoms with E-state index in [2.05, 4.69) is 15.6 Å². The topological polar surface area (TPSA) is 63.2 Å². The minimum absolute atomic E-state index is 0.513. The Morgan fingerprint density at radius 2 is 1.91 bits per heavy atom. The Morgan fingerprint density at radius 1 is 1.18 bits per heavy atom. The highest BCUT2D eigenvalue weighted by Crippen LogP contribution is 2.24. The van der Waals surface area contributed by atoms with Gasteiger partial charge in [-0.05, 0) is 45.0 Å². The first-order chi connectivity index (χ1) is 10.3. The second kappa shape index (κ2) is 6.66. The summed E-state index contributed by atoms with van der Waals surface area (Å²) in [5.41, 5.74) is 0.784. The lowest BCUT2D eigenvalue weighted by atomic mass is 10.2. The maximum Gasteiger partial charge on any atom is 0.412 e. The SMILES string of the molecule is CC(C)(C)OC(=O)Nc1ccc(Nc2ccccc2Cl)nc1. The number of amides is 1. The number of nitrogens with zero attached hydrogens (tertiary/aromatic N) is 1. The molecule has 22 heavy (non-hydrogen) atoms. The molecule has 0 aliphatic carbocycles. The van der Waals surface area contributed by atoms with Crippen LogP contribution in [0.3, 0.4) is 0 Å². The number of benzene rings is 1. The van der Waals surface area contributed by atoms with Crippen LogP contribution in [0.1, 0.15) is 20.8 Å². The van der Waals surface area contributed by atoms with Crippen molar-refractivity contribution >= 4 is 34.9 Å². The highest BCUT2D eigenvalue weighted by atomic mass is 35.5. The highest BCUT2D eigenvalue weighted by molar-refractivity contribution is 6.33. The summed E-state index contributed by atoms with van der Waals surface area (Å²) in [6, 6.07) is 10.9. The summed E-state index contributed by atoms with van der Waals surface area (Å²) in [5, 5.41) is 6.34. The van der Waals surface area contributed by atoms with Crippen LogP contribution in [0.25, 0.3) is 0 Å². The molecule has 1 aromatic carbocycles. The average molecular weight is 320 g/mol. The number of carbonyl (C=O) groups is 1. The minimum atomic E-state index is -0.539. The van der Waals surface area contributed by atoms with Crippen molar-refractivity contribution in [1.29, 1.82) is 0 Å². The summed E-state index contributed by atoms with van der Waals surface area (Å²) in [7, 11) is 0. The summed E-state index contributed by atoms with van der Waals surface area (Å²) in [4.78, 5) is 15.9. The Morgan fingerprint density at radius 3 is 2.50 bits per heavy atom. The van der Waals surface area contributed by atoms with Crippen LogP contribution in [-0.4, -0.2) is 16.7 Å². The lowest BCUT2D eigenvalue weighted by molar-refractivity contribution is 0.0636. The number of hydrogen-bond acceptors (Lipinski definition) is 4. The van der Waals surface area contributed by atoms with Crippen molar-refractivity contribution in [2.24, 2.45) is 0 Å². The molecule has 0 aliphatic heterocycles. The molecular formula is C16H18ClN3O2. The Labute approximate surface area is 134 Å². The van der Waals surface area contributed by atoms with Crippen LogP contribution in [-0.2, 0) is 4.74 Å². The zero-order valence-corrected chi connectivity index (χ0v) is 13.4. The molecule has 2 rings (SSSR count). The van der Waals surface area contributed by atoms with Crippen LogP contribution >= 0.6 is 11.6 Å². The number of ether oxygens (including phenoxy) is 1. The lowest BCUT2D eigenvalue weighted by Gasteiger charge is -2.19. The fourth-order valence-electron chi connectivity index (χ4n) is 1.66. The van der Waals surface area contributed by atoms with Crippen molar-refractivity contribution in [3.8, 4) is 0 Å². The monoisotopic (exact) mass is 319 g/mol. The number of rotatable bonds is 3. The third kappa shape index (κ3) is 4.93. The van der Waals surface area contributed by atoms with Gasteiger partial charge in [0, 0.05) is 0 Å². The summed E-state index contributed by atoms with van der Waals surface area (Å²) in [5.74, 6) is 0.628. The van der Waals surface area contributed by atoms with Crippen LogP contribution in [0, 0.1) is 0 Å². The van der Waals surface area contributed by atoms with Gasteiger partial charge in [-0.15, -0.1) is 0 Å². The summed E-state index contributed by atoms with van der Waals surface area (Å²) < 4.78 is 5.17. The van der Waals surface area contributed by atoms with Gasteiger partial charge in [0.05, 0.1) is 22.6 Å². The van der Waals surface area contributed by atoms with Gasteiger partial charge in [0.2, 0.25) is 0 Å². The molecule has 1 amide bonds. The largest absolute Gasteiger partial charge is 0.444 e. The van der Waals surface area contributed by atoms with Crippen LogP contribution in [0.4, 0.5) is 22.0 Å². The van der Waals surface area contributed by atoms with Gasteiger partial charge in [-0.25, -0.2) is 9.78 Å². The van der Waals surface area contributed by atoms with E-state index in [-0.39, 0.29) is 0 Å². The smallest absolute Gasteiger partial charge is 0.412 e. The van der Waals surface area contributed by atoms with E-state index < -0.39 is 11.7 Å². The predicted octanol–water partition coefficient (Wildman–Crippen LogP) is 4.83. The van der Waals surface area contributed by atoms with Gasteiger partial charge in [-0.2, -0.15) is 0 Å². The second-order valence-corrected chi connectivity index (χ2v) is 6.07. The van der Waals surface area contributed by atoms with Crippen molar-refractivity contribution in [3.05, 3.63) is 47.6 Å². The molecule has 6 heteroatoms. The number of halogens is 1. The van der Waals surface area contributed by atoms with Gasteiger partial charge in [0.15, 0.2) is 0 Å². The Balaban J connectivity index is 1.99. The predicted molar refractivity (Wildman–Crippen MR) is 88.8 cm³/mol. The summed E-state index contributed by atoms with van der Waals surface area (Å²) >= 11 is 6.07. The van der Waals surface area contributed by atoms with Gasteiger partial charge in [-0.1, -0.05) is 23.7 Å². The van der Waals surface area contributed by atoms with Gasteiger partial charge in [0.1, 0.15) is 11.4 Å². The fourth-order valence-corrected chi connectivity index (χ4v) is 1.85. The standard InChI is InChI=1S/C16H18ClN3O2/c1-16(2,3)22-15(21)19-11-8-9-14(18-10-11)20-13-7-5-4-6-12(13)17/h4-10H,1-3H3,(H,18,20)(H,19,21). The number of hydrogen-bond donors (Lipinski definition) is 2. The molecule has 2 N–H and O–H groups in total. The molecule has 0 aliphatic rings. The van der Waals surface area contributed by atoms with Crippen LogP contribution < -0.4 is 10.6 Å². The van der Waals surface area contributed by atoms with Gasteiger partial charge < -0.3 is 10.1 Å². The quantitative estimate of drug-likeness (QED) is 0.850. The van der Waals surface area contributed by atoms with E-state index in [9.17, 15) is 4.79 Å². The molecule has 0 radical (unpaired) electrons. The fraction of sp³-hybridized carbons (Fsp3) is 0.250. The molecule has 0 saturated heterocycles. The first kappa shape index (κ1) is 16.1. The molecule has 5 nitrogen and oxygen atoms in total. The maximum atomic E-state index is 11.7. The van der Waals surface area contributed by atoms with Crippen molar-refractivity contribution in [2.75, 3.05) is 10.6 Å². The van der Waals surface area contributed by atoms with E-state index in [1.54, 1.807) is 45.2 Å². The second-order valence-electron chi connectivity index (χ2n) is 5.66. The summed E-state index contributed by atoms with van der Waals surface area (Å²) in [6.45, 7) is 5.42. The summed E-state index contributed by atoms with van der Waals surface area (Å²) in [6.07, 6.45) is 1.03. The van der Waals surface area contributed by atoms with E-state index in [1.807, 2.05) is 18.2 Å². The van der Waals surface area contributed by atoms with Crippen LogP contribution in [0.2, 0.25) is 5.02 Å². The van der Waals surface area contributed by atoms with E-state index >= 15 is 0 Å². The molecule has 0 saturated carbocycles. The lowest BCUT2D eigenvalue weighted by Crippen LogP contribution is -2.27. The molecule has 116 valence electrons. The van der Waals surface area contributed by atoms with Crippen molar-refractivity contribution in [1.82, 2.24) is 4.98 Å². The number of nitrogens with one attached hydrogen (secondary N) is 2. The highest BCUT2D eigenvalue weighted by Gasteiger charge is 2.16. The molecule has 0 spiro atoms. The van der Waals surface area contributed by atoms with Gasteiger partial charge in [-0.3, -0.25) is 5.32 Å². The third-order valence-electron chi connectivity index (χ3n) is 2.55. The van der Waals surface area contributed by atoms with Crippen LogP contribution in [0.15, 0.2) is 42.6 Å². The molecule has 0 unspecified atom stereocenters. The first-order valence-electron chi connectivity index (χ1n) is 6.81. The van der Waals surface area contributed by atoms with Gasteiger partial charge >= 0.3 is 6.09 Å². The number of aromatic nitrogens is 1. The number of pyridine rings is 1. The normalized spacial score (nSPS) is 10.9. The average Bonchev–Trinajstić information content (AvgIpc) is 2.41. The number of anilines is 3. The van der Waals surface area contributed by atoms with E-state index in [1.165, 1.54) is 0 Å². The maximum absolute atomic E-state index is 11.7.